The number of pyridine rings is 1. The van der Waals surface area contributed by atoms with Crippen LogP contribution in [-0.2, 0) is 6.54 Å². The fourth-order valence-electron chi connectivity index (χ4n) is 1.91. The summed E-state index contributed by atoms with van der Waals surface area (Å²) in [5, 5.41) is 3.16. The molecule has 0 saturated heterocycles. The number of nitrogens with zero attached hydrogens (tertiary/aromatic N) is 3. The molecule has 0 amide bonds. The molecule has 0 atom stereocenters. The molecule has 2 heterocycles. The minimum atomic E-state index is 0.923. The third-order valence-electron chi connectivity index (χ3n) is 2.91. The van der Waals surface area contributed by atoms with E-state index in [9.17, 15) is 0 Å². The lowest BCUT2D eigenvalue weighted by molar-refractivity contribution is 0.323. The van der Waals surface area contributed by atoms with Gasteiger partial charge in [-0.25, -0.2) is 4.98 Å². The Morgan fingerprint density at radius 2 is 2.24 bits per heavy atom. The van der Waals surface area contributed by atoms with Crippen molar-refractivity contribution >= 4 is 5.65 Å². The van der Waals surface area contributed by atoms with Crippen molar-refractivity contribution < 1.29 is 0 Å². The lowest BCUT2D eigenvalue weighted by Gasteiger charge is -2.15. The molecule has 2 aromatic heterocycles. The molecule has 0 aliphatic rings. The van der Waals surface area contributed by atoms with Gasteiger partial charge >= 0.3 is 0 Å². The topological polar surface area (TPSA) is 32.6 Å². The zero-order valence-corrected chi connectivity index (χ0v) is 10.8. The fourth-order valence-corrected chi connectivity index (χ4v) is 1.91. The molecule has 0 saturated carbocycles. The second kappa shape index (κ2) is 5.29. The zero-order chi connectivity index (χ0) is 12.3. The third-order valence-corrected chi connectivity index (χ3v) is 2.91. The summed E-state index contributed by atoms with van der Waals surface area (Å²) in [7, 11) is 4.11. The first-order chi connectivity index (χ1) is 8.20. The molecule has 4 heteroatoms. The Labute approximate surface area is 102 Å². The summed E-state index contributed by atoms with van der Waals surface area (Å²) in [5.74, 6) is 0. The maximum absolute atomic E-state index is 4.41. The quantitative estimate of drug-likeness (QED) is 0.843. The number of aromatic nitrogens is 2. The third kappa shape index (κ3) is 2.84. The van der Waals surface area contributed by atoms with Crippen molar-refractivity contribution in [2.75, 3.05) is 27.2 Å². The van der Waals surface area contributed by atoms with Crippen molar-refractivity contribution in [2.24, 2.45) is 0 Å². The molecule has 0 aliphatic heterocycles. The summed E-state index contributed by atoms with van der Waals surface area (Å²) in [4.78, 5) is 6.71. The van der Waals surface area contributed by atoms with Crippen LogP contribution in [0.4, 0.5) is 0 Å². The number of hydrogen-bond donors (Lipinski definition) is 1. The summed E-state index contributed by atoms with van der Waals surface area (Å²) >= 11 is 0. The number of imidazole rings is 1. The van der Waals surface area contributed by atoms with Gasteiger partial charge in [0.2, 0.25) is 0 Å². The van der Waals surface area contributed by atoms with Crippen LogP contribution in [0.15, 0.2) is 24.5 Å². The van der Waals surface area contributed by atoms with Crippen LogP contribution in [0.25, 0.3) is 5.65 Å². The summed E-state index contributed by atoms with van der Waals surface area (Å²) in [5.41, 5.74) is 3.52. The highest BCUT2D eigenvalue weighted by Gasteiger charge is 2.05. The van der Waals surface area contributed by atoms with Gasteiger partial charge < -0.3 is 9.72 Å². The highest BCUT2D eigenvalue weighted by Crippen LogP contribution is 2.10. The summed E-state index contributed by atoms with van der Waals surface area (Å²) < 4.78 is 2.17. The van der Waals surface area contributed by atoms with E-state index in [1.807, 2.05) is 13.2 Å². The molecule has 2 aromatic rings. The van der Waals surface area contributed by atoms with E-state index in [1.165, 1.54) is 11.3 Å². The van der Waals surface area contributed by atoms with Crippen molar-refractivity contribution in [1.29, 1.82) is 0 Å². The zero-order valence-electron chi connectivity index (χ0n) is 10.8. The molecular weight excluding hydrogens is 212 g/mol. The molecule has 0 bridgehead atoms. The Morgan fingerprint density at radius 1 is 1.41 bits per heavy atom. The van der Waals surface area contributed by atoms with Crippen LogP contribution in [0.3, 0.4) is 0 Å². The Bertz CT molecular complexity index is 489. The van der Waals surface area contributed by atoms with Crippen molar-refractivity contribution in [2.45, 2.75) is 13.5 Å². The van der Waals surface area contributed by atoms with Gasteiger partial charge in [-0.15, -0.1) is 0 Å². The van der Waals surface area contributed by atoms with Gasteiger partial charge in [-0.3, -0.25) is 4.90 Å². The molecule has 0 spiro atoms. The molecule has 0 aliphatic carbocycles. The SMILES string of the molecule is CNCCN(C)Cc1cnc2ccc(C)cn12. The van der Waals surface area contributed by atoms with Gasteiger partial charge in [0.25, 0.3) is 0 Å². The molecule has 0 unspecified atom stereocenters. The molecule has 0 fully saturated rings. The van der Waals surface area contributed by atoms with Gasteiger partial charge in [0.05, 0.1) is 11.9 Å². The molecule has 0 aromatic carbocycles. The Balaban J connectivity index is 2.15. The van der Waals surface area contributed by atoms with Crippen LogP contribution in [0, 0.1) is 6.92 Å². The molecule has 4 nitrogen and oxygen atoms in total. The van der Waals surface area contributed by atoms with Gasteiger partial charge in [0, 0.05) is 25.8 Å². The largest absolute Gasteiger partial charge is 0.318 e. The molecule has 17 heavy (non-hydrogen) atoms. The predicted octanol–water partition coefficient (Wildman–Crippen LogP) is 1.29. The van der Waals surface area contributed by atoms with Gasteiger partial charge in [-0.1, -0.05) is 6.07 Å². The van der Waals surface area contributed by atoms with Crippen LogP contribution < -0.4 is 5.32 Å². The van der Waals surface area contributed by atoms with Crippen molar-refractivity contribution in [1.82, 2.24) is 19.6 Å². The smallest absolute Gasteiger partial charge is 0.136 e. The molecule has 0 radical (unpaired) electrons. The Hall–Kier alpha value is -1.39. The van der Waals surface area contributed by atoms with Crippen LogP contribution in [0.1, 0.15) is 11.3 Å². The first-order valence-electron chi connectivity index (χ1n) is 5.96. The maximum Gasteiger partial charge on any atom is 0.136 e. The standard InChI is InChI=1S/C13H20N4/c1-11-4-5-13-15-8-12(17(13)9-11)10-16(3)7-6-14-2/h4-5,8-9,14H,6-7,10H2,1-3H3. The molecule has 92 valence electrons. The number of rotatable bonds is 5. The monoisotopic (exact) mass is 232 g/mol. The van der Waals surface area contributed by atoms with E-state index >= 15 is 0 Å². The molecular formula is C13H20N4. The molecule has 2 rings (SSSR count). The Kier molecular flexibility index (Phi) is 3.76. The lowest BCUT2D eigenvalue weighted by Crippen LogP contribution is -2.27. The van der Waals surface area contributed by atoms with Crippen LogP contribution in [0.5, 0.6) is 0 Å². The number of aryl methyl sites for hydroxylation is 1. The van der Waals surface area contributed by atoms with Crippen LogP contribution in [0.2, 0.25) is 0 Å². The minimum Gasteiger partial charge on any atom is -0.318 e. The van der Waals surface area contributed by atoms with E-state index in [-0.39, 0.29) is 0 Å². The van der Waals surface area contributed by atoms with Gasteiger partial charge in [-0.2, -0.15) is 0 Å². The summed E-state index contributed by atoms with van der Waals surface area (Å²) in [6.07, 6.45) is 4.11. The fraction of sp³-hybridized carbons (Fsp3) is 0.462. The number of hydrogen-bond acceptors (Lipinski definition) is 3. The first-order valence-corrected chi connectivity index (χ1v) is 5.96. The highest BCUT2D eigenvalue weighted by molar-refractivity contribution is 5.41. The van der Waals surface area contributed by atoms with Crippen molar-refractivity contribution in [3.05, 3.63) is 35.8 Å². The van der Waals surface area contributed by atoms with Crippen LogP contribution >= 0.6 is 0 Å². The average molecular weight is 232 g/mol. The van der Waals surface area contributed by atoms with Gasteiger partial charge in [0.15, 0.2) is 0 Å². The second-order valence-electron chi connectivity index (χ2n) is 4.53. The van der Waals surface area contributed by atoms with E-state index in [2.05, 4.69) is 51.9 Å². The van der Waals surface area contributed by atoms with E-state index in [0.29, 0.717) is 0 Å². The van der Waals surface area contributed by atoms with E-state index < -0.39 is 0 Å². The normalized spacial score (nSPS) is 11.5. The number of nitrogens with one attached hydrogen (secondary N) is 1. The summed E-state index contributed by atoms with van der Waals surface area (Å²) in [6.45, 7) is 5.07. The summed E-state index contributed by atoms with van der Waals surface area (Å²) in [6, 6.07) is 4.16. The predicted molar refractivity (Wildman–Crippen MR) is 70.2 cm³/mol. The highest BCUT2D eigenvalue weighted by atomic mass is 15.1. The van der Waals surface area contributed by atoms with E-state index in [0.717, 1.165) is 25.3 Å². The van der Waals surface area contributed by atoms with E-state index in [1.54, 1.807) is 0 Å². The van der Waals surface area contributed by atoms with Crippen molar-refractivity contribution in [3.63, 3.8) is 0 Å². The lowest BCUT2D eigenvalue weighted by atomic mass is 10.3. The number of fused-ring (bicyclic) bond motifs is 1. The van der Waals surface area contributed by atoms with Crippen molar-refractivity contribution in [3.8, 4) is 0 Å². The Morgan fingerprint density at radius 3 is 3.00 bits per heavy atom. The van der Waals surface area contributed by atoms with Gasteiger partial charge in [0.1, 0.15) is 5.65 Å². The van der Waals surface area contributed by atoms with Gasteiger partial charge in [-0.05, 0) is 32.6 Å². The van der Waals surface area contributed by atoms with E-state index in [4.69, 9.17) is 0 Å². The first kappa shape index (κ1) is 12.1. The minimum absolute atomic E-state index is 0.923. The number of likely N-dealkylation sites (N-methyl/N-ethyl adjacent to an activating group) is 2. The average Bonchev–Trinajstić information content (AvgIpc) is 2.69. The maximum atomic E-state index is 4.41. The molecule has 1 N–H and O–H groups in total. The second-order valence-corrected chi connectivity index (χ2v) is 4.53. The van der Waals surface area contributed by atoms with Crippen LogP contribution in [-0.4, -0.2) is 41.5 Å².